The summed E-state index contributed by atoms with van der Waals surface area (Å²) in [6.45, 7) is 0. The van der Waals surface area contributed by atoms with Crippen molar-refractivity contribution < 1.29 is 34.4 Å². The van der Waals surface area contributed by atoms with E-state index in [2.05, 4.69) is 5.32 Å². The first-order valence-electron chi connectivity index (χ1n) is 6.60. The molecule has 2 aromatic carbocycles. The van der Waals surface area contributed by atoms with E-state index in [4.69, 9.17) is 5.11 Å². The molecule has 136 valence electrons. The summed E-state index contributed by atoms with van der Waals surface area (Å²) >= 11 is 0. The van der Waals surface area contributed by atoms with Crippen molar-refractivity contribution in [1.82, 2.24) is 0 Å². The van der Waals surface area contributed by atoms with Crippen LogP contribution in [-0.4, -0.2) is 16.1 Å². The van der Waals surface area contributed by atoms with Gasteiger partial charge in [0.15, 0.2) is 11.5 Å². The minimum absolute atomic E-state index is 0.103. The molecular formula is C15H12F5NO3S. The van der Waals surface area contributed by atoms with E-state index in [1.54, 1.807) is 0 Å². The smallest absolute Gasteiger partial charge is 0.310 e. The van der Waals surface area contributed by atoms with Crippen LogP contribution in [-0.2, 0) is 4.79 Å². The van der Waals surface area contributed by atoms with Crippen LogP contribution in [0.15, 0.2) is 53.4 Å². The van der Waals surface area contributed by atoms with Gasteiger partial charge in [0.2, 0.25) is 5.91 Å². The number of hydrogen-bond acceptors (Lipinski definition) is 3. The maximum atomic E-state index is 12.6. The lowest BCUT2D eigenvalue weighted by Gasteiger charge is -2.40. The second-order valence-corrected chi connectivity index (χ2v) is 7.47. The summed E-state index contributed by atoms with van der Waals surface area (Å²) in [7, 11) is -9.74. The van der Waals surface area contributed by atoms with Gasteiger partial charge in [-0.15, -0.1) is 0 Å². The number of aromatic hydroxyl groups is 2. The van der Waals surface area contributed by atoms with E-state index in [0.717, 1.165) is 6.08 Å². The summed E-state index contributed by atoms with van der Waals surface area (Å²) in [4.78, 5) is 9.62. The Morgan fingerprint density at radius 3 is 2.04 bits per heavy atom. The molecule has 0 aromatic heterocycles. The number of anilines is 1. The number of amides is 1. The zero-order chi connectivity index (χ0) is 18.9. The molecule has 2 rings (SSSR count). The molecule has 0 fully saturated rings. The number of nitrogens with one attached hydrogen (secondary N) is 1. The molecule has 4 nitrogen and oxygen atoms in total. The number of carbonyl (C=O) groups is 1. The topological polar surface area (TPSA) is 69.6 Å². The van der Waals surface area contributed by atoms with E-state index in [1.165, 1.54) is 24.3 Å². The van der Waals surface area contributed by atoms with Gasteiger partial charge in [0.05, 0.1) is 0 Å². The third-order valence-corrected chi connectivity index (χ3v) is 4.16. The largest absolute Gasteiger partial charge is 0.504 e. The molecule has 0 heterocycles. The van der Waals surface area contributed by atoms with Crippen molar-refractivity contribution in [3.05, 3.63) is 54.1 Å². The van der Waals surface area contributed by atoms with Crippen molar-refractivity contribution in [2.45, 2.75) is 4.90 Å². The molecular weight excluding hydrogens is 369 g/mol. The Kier molecular flexibility index (Phi) is 4.00. The first kappa shape index (κ1) is 18.6. The van der Waals surface area contributed by atoms with Gasteiger partial charge in [-0.1, -0.05) is 25.5 Å². The van der Waals surface area contributed by atoms with Crippen LogP contribution >= 0.6 is 10.2 Å². The molecule has 0 atom stereocenters. The first-order chi connectivity index (χ1) is 11.2. The maximum Gasteiger partial charge on any atom is 0.310 e. The molecule has 0 saturated carbocycles. The summed E-state index contributed by atoms with van der Waals surface area (Å²) < 4.78 is 62.9. The molecule has 0 unspecified atom stereocenters. The molecule has 10 heteroatoms. The van der Waals surface area contributed by atoms with Crippen molar-refractivity contribution in [1.29, 1.82) is 0 Å². The Labute approximate surface area is 138 Å². The number of benzene rings is 2. The zero-order valence-electron chi connectivity index (χ0n) is 12.3. The van der Waals surface area contributed by atoms with Crippen LogP contribution in [0.2, 0.25) is 0 Å². The van der Waals surface area contributed by atoms with Gasteiger partial charge in [-0.25, -0.2) is 0 Å². The summed E-state index contributed by atoms with van der Waals surface area (Å²) in [5, 5.41) is 20.7. The van der Waals surface area contributed by atoms with E-state index in [-0.39, 0.29) is 23.6 Å². The van der Waals surface area contributed by atoms with Crippen molar-refractivity contribution in [2.24, 2.45) is 0 Å². The normalized spacial score (nSPS) is 14.8. The second kappa shape index (κ2) is 5.38. The fraction of sp³-hybridized carbons (Fsp3) is 0. The van der Waals surface area contributed by atoms with Crippen LogP contribution in [0.4, 0.5) is 25.1 Å². The molecule has 25 heavy (non-hydrogen) atoms. The summed E-state index contributed by atoms with van der Waals surface area (Å²) in [6.07, 6.45) is 2.29. The van der Waals surface area contributed by atoms with Crippen LogP contribution in [0.3, 0.4) is 0 Å². The molecule has 0 aliphatic rings. The van der Waals surface area contributed by atoms with E-state index in [0.29, 0.717) is 17.7 Å². The summed E-state index contributed by atoms with van der Waals surface area (Å²) in [5.41, 5.74) is 0.274. The van der Waals surface area contributed by atoms with Crippen molar-refractivity contribution in [3.8, 4) is 11.5 Å². The highest BCUT2D eigenvalue weighted by atomic mass is 32.5. The monoisotopic (exact) mass is 381 g/mol. The highest BCUT2D eigenvalue weighted by Gasteiger charge is 2.65. The highest BCUT2D eigenvalue weighted by molar-refractivity contribution is 8.45. The lowest BCUT2D eigenvalue weighted by atomic mass is 10.2. The quantitative estimate of drug-likeness (QED) is 0.377. The molecule has 0 aliphatic carbocycles. The Morgan fingerprint density at radius 1 is 0.920 bits per heavy atom. The van der Waals surface area contributed by atoms with Gasteiger partial charge < -0.3 is 15.5 Å². The Balaban J connectivity index is 2.08. The Bertz CT molecular complexity index is 848. The number of halogens is 5. The van der Waals surface area contributed by atoms with Gasteiger partial charge in [-0.05, 0) is 48.0 Å². The fourth-order valence-corrected chi connectivity index (χ4v) is 2.45. The van der Waals surface area contributed by atoms with Crippen molar-refractivity contribution in [2.75, 3.05) is 5.32 Å². The van der Waals surface area contributed by atoms with Crippen LogP contribution in [0.1, 0.15) is 5.56 Å². The number of rotatable bonds is 4. The van der Waals surface area contributed by atoms with Gasteiger partial charge in [-0.2, -0.15) is 0 Å². The van der Waals surface area contributed by atoms with Crippen LogP contribution in [0.25, 0.3) is 6.08 Å². The number of phenols is 2. The van der Waals surface area contributed by atoms with Crippen LogP contribution in [0.5, 0.6) is 11.5 Å². The highest BCUT2D eigenvalue weighted by Crippen LogP contribution is 3.02. The third-order valence-electron chi connectivity index (χ3n) is 2.99. The standard InChI is InChI=1S/C15H12F5NO3S/c16-25(17,18,19,20)12-5-3-11(4-6-12)21-15(24)8-2-10-1-7-13(22)14(23)9-10/h1-9,22-23H,(H,21,24)/b8-2+. The van der Waals surface area contributed by atoms with Crippen molar-refractivity contribution in [3.63, 3.8) is 0 Å². The SMILES string of the molecule is O=C(/C=C/c1ccc(O)c(O)c1)Nc1ccc(S(F)(F)(F)(F)F)cc1. The molecule has 3 N–H and O–H groups in total. The van der Waals surface area contributed by atoms with E-state index < -0.39 is 26.8 Å². The summed E-state index contributed by atoms with van der Waals surface area (Å²) in [5.74, 6) is -1.47. The Hall–Kier alpha value is -2.75. The molecule has 0 saturated heterocycles. The lowest BCUT2D eigenvalue weighted by Crippen LogP contribution is -2.09. The molecule has 0 radical (unpaired) electrons. The number of hydrogen-bond donors (Lipinski definition) is 3. The first-order valence-corrected chi connectivity index (χ1v) is 8.55. The van der Waals surface area contributed by atoms with Gasteiger partial charge in [0.25, 0.3) is 0 Å². The van der Waals surface area contributed by atoms with E-state index in [1.807, 2.05) is 0 Å². The van der Waals surface area contributed by atoms with Crippen LogP contribution in [0, 0.1) is 0 Å². The predicted molar refractivity (Wildman–Crippen MR) is 85.3 cm³/mol. The van der Waals surface area contributed by atoms with Gasteiger partial charge in [0, 0.05) is 11.8 Å². The van der Waals surface area contributed by atoms with Gasteiger partial charge in [0.1, 0.15) is 4.90 Å². The second-order valence-electron chi connectivity index (χ2n) is 5.06. The van der Waals surface area contributed by atoms with E-state index >= 15 is 0 Å². The van der Waals surface area contributed by atoms with Gasteiger partial charge in [-0.3, -0.25) is 4.79 Å². The minimum atomic E-state index is -9.74. The zero-order valence-corrected chi connectivity index (χ0v) is 13.1. The third kappa shape index (κ3) is 5.11. The van der Waals surface area contributed by atoms with Crippen LogP contribution < -0.4 is 5.32 Å². The number of phenolic OH excluding ortho intramolecular Hbond substituents is 2. The molecule has 1 amide bonds. The number of carbonyl (C=O) groups excluding carboxylic acids is 1. The maximum absolute atomic E-state index is 12.6. The predicted octanol–water partition coefficient (Wildman–Crippen LogP) is 5.41. The molecule has 0 bridgehead atoms. The summed E-state index contributed by atoms with van der Waals surface area (Å²) in [6, 6.07) is 5.60. The van der Waals surface area contributed by atoms with Gasteiger partial charge >= 0.3 is 10.2 Å². The fourth-order valence-electron chi connectivity index (χ4n) is 1.80. The minimum Gasteiger partial charge on any atom is -0.504 e. The average molecular weight is 381 g/mol. The van der Waals surface area contributed by atoms with Crippen molar-refractivity contribution >= 4 is 27.9 Å². The lowest BCUT2D eigenvalue weighted by molar-refractivity contribution is -0.111. The molecule has 0 aliphatic heterocycles. The van der Waals surface area contributed by atoms with E-state index in [9.17, 15) is 29.3 Å². The average Bonchev–Trinajstić information content (AvgIpc) is 2.47. The Morgan fingerprint density at radius 2 is 1.52 bits per heavy atom. The molecule has 0 spiro atoms. The molecule has 2 aromatic rings.